The van der Waals surface area contributed by atoms with E-state index in [9.17, 15) is 13.2 Å². The average molecular weight is 292 g/mol. The number of alkyl halides is 3. The van der Waals surface area contributed by atoms with Gasteiger partial charge < -0.3 is 10.7 Å². The third-order valence-electron chi connectivity index (χ3n) is 2.87. The lowest BCUT2D eigenvalue weighted by Gasteiger charge is -2.23. The van der Waals surface area contributed by atoms with Crippen LogP contribution in [-0.2, 0) is 6.18 Å². The van der Waals surface area contributed by atoms with Gasteiger partial charge in [-0.2, -0.15) is 24.9 Å². The number of hydrazine groups is 1. The van der Waals surface area contributed by atoms with Crippen molar-refractivity contribution in [1.29, 1.82) is 0 Å². The molecule has 0 aliphatic carbocycles. The van der Waals surface area contributed by atoms with E-state index in [1.54, 1.807) is 0 Å². The normalized spacial score (nSPS) is 17.3. The molecule has 19 heavy (non-hydrogen) atoms. The lowest BCUT2D eigenvalue weighted by molar-refractivity contribution is -0.137. The Morgan fingerprint density at radius 1 is 1.21 bits per heavy atom. The zero-order valence-electron chi connectivity index (χ0n) is 10.1. The second kappa shape index (κ2) is 5.87. The van der Waals surface area contributed by atoms with Crippen molar-refractivity contribution in [3.8, 4) is 0 Å². The van der Waals surface area contributed by atoms with E-state index in [-0.39, 0.29) is 17.7 Å². The largest absolute Gasteiger partial charge is 0.416 e. The fourth-order valence-corrected chi connectivity index (χ4v) is 3.00. The molecule has 1 aliphatic rings. The second-order valence-corrected chi connectivity index (χ2v) is 5.52. The highest BCUT2D eigenvalue weighted by Gasteiger charge is 2.32. The van der Waals surface area contributed by atoms with E-state index in [0.717, 1.165) is 36.5 Å². The number of hydrogen-bond donors (Lipinski definition) is 3. The van der Waals surface area contributed by atoms with Crippen LogP contribution < -0.4 is 16.6 Å². The molecule has 1 aliphatic heterocycles. The van der Waals surface area contributed by atoms with E-state index in [1.807, 2.05) is 11.8 Å². The minimum Gasteiger partial charge on any atom is -0.367 e. The molecule has 0 spiro atoms. The summed E-state index contributed by atoms with van der Waals surface area (Å²) in [6.45, 7) is 0. The number of hydrogen-bond acceptors (Lipinski definition) is 5. The summed E-state index contributed by atoms with van der Waals surface area (Å²) in [6.07, 6.45) is -2.56. The molecule has 4 N–H and O–H groups in total. The number of nitrogens with two attached hydrogens (primary N) is 1. The first-order valence-electron chi connectivity index (χ1n) is 5.89. The van der Waals surface area contributed by atoms with Gasteiger partial charge in [0.2, 0.25) is 0 Å². The third-order valence-corrected chi connectivity index (χ3v) is 3.92. The zero-order valence-corrected chi connectivity index (χ0v) is 10.9. The number of pyridine rings is 1. The highest BCUT2D eigenvalue weighted by atomic mass is 32.2. The van der Waals surface area contributed by atoms with Crippen LogP contribution in [-0.4, -0.2) is 22.5 Å². The Balaban J connectivity index is 2.19. The van der Waals surface area contributed by atoms with Crippen molar-refractivity contribution >= 4 is 23.4 Å². The van der Waals surface area contributed by atoms with E-state index < -0.39 is 11.7 Å². The van der Waals surface area contributed by atoms with Gasteiger partial charge in [-0.1, -0.05) is 0 Å². The van der Waals surface area contributed by atoms with Crippen LogP contribution in [0.5, 0.6) is 0 Å². The van der Waals surface area contributed by atoms with E-state index in [1.165, 1.54) is 0 Å². The van der Waals surface area contributed by atoms with Gasteiger partial charge in [0, 0.05) is 6.04 Å². The summed E-state index contributed by atoms with van der Waals surface area (Å²) in [6, 6.07) is 2.08. The SMILES string of the molecule is NNc1cc(C(F)(F)F)cc(NC2CCSCC2)n1. The Morgan fingerprint density at radius 3 is 2.42 bits per heavy atom. The van der Waals surface area contributed by atoms with Gasteiger partial charge in [0.1, 0.15) is 11.6 Å². The first-order chi connectivity index (χ1) is 8.99. The molecule has 4 nitrogen and oxygen atoms in total. The topological polar surface area (TPSA) is 63.0 Å². The summed E-state index contributed by atoms with van der Waals surface area (Å²) in [5.41, 5.74) is 1.40. The molecule has 0 amide bonds. The molecule has 2 heterocycles. The van der Waals surface area contributed by atoms with E-state index in [4.69, 9.17) is 5.84 Å². The number of nitrogen functional groups attached to an aromatic ring is 1. The Morgan fingerprint density at radius 2 is 1.84 bits per heavy atom. The third kappa shape index (κ3) is 3.90. The van der Waals surface area contributed by atoms with E-state index >= 15 is 0 Å². The lowest BCUT2D eigenvalue weighted by atomic mass is 10.1. The summed E-state index contributed by atoms with van der Waals surface area (Å²) in [7, 11) is 0. The molecule has 0 unspecified atom stereocenters. The molecular formula is C11H15F3N4S. The van der Waals surface area contributed by atoms with Crippen LogP contribution in [0.3, 0.4) is 0 Å². The molecule has 2 rings (SSSR count). The first kappa shape index (κ1) is 14.3. The lowest BCUT2D eigenvalue weighted by Crippen LogP contribution is -2.25. The van der Waals surface area contributed by atoms with Crippen molar-refractivity contribution < 1.29 is 13.2 Å². The highest BCUT2D eigenvalue weighted by molar-refractivity contribution is 7.99. The molecule has 0 aromatic carbocycles. The molecular weight excluding hydrogens is 277 g/mol. The van der Waals surface area contributed by atoms with Crippen LogP contribution >= 0.6 is 11.8 Å². The van der Waals surface area contributed by atoms with E-state index in [2.05, 4.69) is 15.7 Å². The predicted molar refractivity (Wildman–Crippen MR) is 71.0 cm³/mol. The number of thioether (sulfide) groups is 1. The summed E-state index contributed by atoms with van der Waals surface area (Å²) in [5, 5.41) is 3.05. The zero-order chi connectivity index (χ0) is 13.9. The molecule has 0 saturated carbocycles. The molecule has 1 saturated heterocycles. The van der Waals surface area contributed by atoms with E-state index in [0.29, 0.717) is 0 Å². The monoisotopic (exact) mass is 292 g/mol. The molecule has 1 aromatic heterocycles. The number of nitrogens with zero attached hydrogens (tertiary/aromatic N) is 1. The number of aromatic nitrogens is 1. The quantitative estimate of drug-likeness (QED) is 0.590. The Hall–Kier alpha value is -1.15. The van der Waals surface area contributed by atoms with Crippen molar-refractivity contribution in [1.82, 2.24) is 4.98 Å². The van der Waals surface area contributed by atoms with Crippen LogP contribution in [0, 0.1) is 0 Å². The molecule has 0 radical (unpaired) electrons. The number of halogens is 3. The first-order valence-corrected chi connectivity index (χ1v) is 7.04. The van der Waals surface area contributed by atoms with Crippen LogP contribution in [0.25, 0.3) is 0 Å². The summed E-state index contributed by atoms with van der Waals surface area (Å²) in [5.74, 6) is 7.39. The van der Waals surface area contributed by atoms with Crippen molar-refractivity contribution in [2.75, 3.05) is 22.2 Å². The maximum Gasteiger partial charge on any atom is 0.416 e. The minimum atomic E-state index is -4.41. The van der Waals surface area contributed by atoms with Gasteiger partial charge in [0.05, 0.1) is 5.56 Å². The van der Waals surface area contributed by atoms with Gasteiger partial charge in [-0.25, -0.2) is 10.8 Å². The molecule has 0 atom stereocenters. The highest BCUT2D eigenvalue weighted by Crippen LogP contribution is 2.32. The van der Waals surface area contributed by atoms with Gasteiger partial charge >= 0.3 is 6.18 Å². The second-order valence-electron chi connectivity index (χ2n) is 4.30. The Labute approximate surface area is 113 Å². The fraction of sp³-hybridized carbons (Fsp3) is 0.545. The fourth-order valence-electron chi connectivity index (χ4n) is 1.89. The van der Waals surface area contributed by atoms with Crippen molar-refractivity contribution in [2.45, 2.75) is 25.1 Å². The average Bonchev–Trinajstić information content (AvgIpc) is 2.38. The Bertz CT molecular complexity index is 432. The maximum absolute atomic E-state index is 12.7. The minimum absolute atomic E-state index is 0.00232. The van der Waals surface area contributed by atoms with Crippen LogP contribution in [0.15, 0.2) is 12.1 Å². The van der Waals surface area contributed by atoms with Gasteiger partial charge in [0.15, 0.2) is 0 Å². The molecule has 1 fully saturated rings. The van der Waals surface area contributed by atoms with Crippen molar-refractivity contribution in [2.24, 2.45) is 5.84 Å². The van der Waals surface area contributed by atoms with Crippen molar-refractivity contribution in [3.05, 3.63) is 17.7 Å². The van der Waals surface area contributed by atoms with Gasteiger partial charge in [0.25, 0.3) is 0 Å². The van der Waals surface area contributed by atoms with Gasteiger partial charge in [-0.05, 0) is 36.5 Å². The standard InChI is InChI=1S/C11H15F3N4S/c12-11(13,14)7-5-9(17-10(6-7)18-15)16-8-1-3-19-4-2-8/h5-6,8H,1-4,15H2,(H2,16,17,18). The predicted octanol–water partition coefficient (Wildman–Crippen LogP) is 2.69. The summed E-state index contributed by atoms with van der Waals surface area (Å²) < 4.78 is 38.2. The molecule has 8 heteroatoms. The van der Waals surface area contributed by atoms with Crippen LogP contribution in [0.1, 0.15) is 18.4 Å². The maximum atomic E-state index is 12.7. The number of nitrogens with one attached hydrogen (secondary N) is 2. The number of anilines is 2. The van der Waals surface area contributed by atoms with Crippen LogP contribution in [0.2, 0.25) is 0 Å². The molecule has 0 bridgehead atoms. The molecule has 106 valence electrons. The van der Waals surface area contributed by atoms with Crippen LogP contribution in [0.4, 0.5) is 24.8 Å². The van der Waals surface area contributed by atoms with Gasteiger partial charge in [-0.3, -0.25) is 0 Å². The Kier molecular flexibility index (Phi) is 4.41. The van der Waals surface area contributed by atoms with Crippen molar-refractivity contribution in [3.63, 3.8) is 0 Å². The smallest absolute Gasteiger partial charge is 0.367 e. The van der Waals surface area contributed by atoms with Gasteiger partial charge in [-0.15, -0.1) is 0 Å². The number of rotatable bonds is 3. The summed E-state index contributed by atoms with van der Waals surface area (Å²) >= 11 is 1.85. The summed E-state index contributed by atoms with van der Waals surface area (Å²) in [4.78, 5) is 4.01. The molecule has 1 aromatic rings.